The van der Waals surface area contributed by atoms with Gasteiger partial charge in [-0.2, -0.15) is 5.26 Å². The van der Waals surface area contributed by atoms with Gasteiger partial charge in [-0.05, 0) is 56.1 Å². The fourth-order valence-electron chi connectivity index (χ4n) is 2.91. The lowest BCUT2D eigenvalue weighted by Gasteiger charge is -2.17. The summed E-state index contributed by atoms with van der Waals surface area (Å²) in [5.41, 5.74) is 3.25. The zero-order chi connectivity index (χ0) is 12.7. The second kappa shape index (κ2) is 4.44. The summed E-state index contributed by atoms with van der Waals surface area (Å²) in [4.78, 5) is 0. The van der Waals surface area contributed by atoms with Crippen LogP contribution in [-0.2, 0) is 13.6 Å². The molecule has 0 spiro atoms. The van der Waals surface area contributed by atoms with Crippen molar-refractivity contribution in [1.82, 2.24) is 9.88 Å². The van der Waals surface area contributed by atoms with Gasteiger partial charge >= 0.3 is 0 Å². The Kier molecular flexibility index (Phi) is 2.91. The zero-order valence-electron chi connectivity index (χ0n) is 11.2. The molecule has 0 atom stereocenters. The number of nitriles is 1. The molecule has 3 nitrogen and oxygen atoms in total. The van der Waals surface area contributed by atoms with Crippen LogP contribution in [0.3, 0.4) is 0 Å². The lowest BCUT2D eigenvalue weighted by molar-refractivity contribution is 0.415. The van der Waals surface area contributed by atoms with Crippen LogP contribution >= 0.6 is 0 Å². The summed E-state index contributed by atoms with van der Waals surface area (Å²) < 4.78 is 1.99. The van der Waals surface area contributed by atoms with Crippen molar-refractivity contribution in [2.24, 2.45) is 18.9 Å². The van der Waals surface area contributed by atoms with Crippen LogP contribution in [-0.4, -0.2) is 10.6 Å². The van der Waals surface area contributed by atoms with Crippen LogP contribution in [0.4, 0.5) is 0 Å². The van der Waals surface area contributed by atoms with Crippen molar-refractivity contribution in [2.75, 3.05) is 0 Å². The van der Waals surface area contributed by atoms with Gasteiger partial charge < -0.3 is 9.88 Å². The highest BCUT2D eigenvalue weighted by atomic mass is 15.0. The summed E-state index contributed by atoms with van der Waals surface area (Å²) in [5.74, 6) is 1.86. The van der Waals surface area contributed by atoms with E-state index >= 15 is 0 Å². The van der Waals surface area contributed by atoms with Gasteiger partial charge in [-0.3, -0.25) is 0 Å². The van der Waals surface area contributed by atoms with E-state index in [0.29, 0.717) is 0 Å². The number of hydrogen-bond donors (Lipinski definition) is 1. The van der Waals surface area contributed by atoms with Gasteiger partial charge in [-0.25, -0.2) is 0 Å². The fraction of sp³-hybridized carbons (Fsp3) is 0.667. The third-order valence-corrected chi connectivity index (χ3v) is 4.54. The van der Waals surface area contributed by atoms with Crippen LogP contribution in [0, 0.1) is 30.1 Å². The van der Waals surface area contributed by atoms with E-state index in [1.165, 1.54) is 36.9 Å². The quantitative estimate of drug-likeness (QED) is 0.863. The Balaban J connectivity index is 1.67. The van der Waals surface area contributed by atoms with E-state index in [0.717, 1.165) is 30.1 Å². The molecule has 0 unspecified atom stereocenters. The molecule has 1 aromatic rings. The first-order valence-electron chi connectivity index (χ1n) is 6.99. The molecule has 0 aliphatic heterocycles. The van der Waals surface area contributed by atoms with E-state index in [9.17, 15) is 0 Å². The average molecular weight is 243 g/mol. The highest BCUT2D eigenvalue weighted by molar-refractivity contribution is 5.34. The largest absolute Gasteiger partial charge is 0.340 e. The summed E-state index contributed by atoms with van der Waals surface area (Å²) in [6, 6.07) is 5.01. The van der Waals surface area contributed by atoms with Crippen LogP contribution in [0.2, 0.25) is 0 Å². The molecule has 0 amide bonds. The van der Waals surface area contributed by atoms with Gasteiger partial charge in [-0.1, -0.05) is 0 Å². The van der Waals surface area contributed by atoms with E-state index in [1.54, 1.807) is 0 Å². The summed E-state index contributed by atoms with van der Waals surface area (Å²) in [6.07, 6.45) is 5.63. The number of hydrogen-bond acceptors (Lipinski definition) is 2. The molecule has 2 aliphatic carbocycles. The van der Waals surface area contributed by atoms with Gasteiger partial charge in [0.15, 0.2) is 0 Å². The summed E-state index contributed by atoms with van der Waals surface area (Å²) in [5, 5.41) is 12.8. The van der Waals surface area contributed by atoms with Crippen molar-refractivity contribution >= 4 is 0 Å². The molecule has 1 N–H and O–H groups in total. The Morgan fingerprint density at radius 3 is 2.44 bits per heavy atom. The van der Waals surface area contributed by atoms with Crippen molar-refractivity contribution in [3.8, 4) is 6.07 Å². The third-order valence-electron chi connectivity index (χ3n) is 4.54. The molecule has 3 rings (SSSR count). The Labute approximate surface area is 109 Å². The second-order valence-electron chi connectivity index (χ2n) is 5.89. The molecule has 2 fully saturated rings. The first kappa shape index (κ1) is 11.8. The molecule has 0 radical (unpaired) electrons. The summed E-state index contributed by atoms with van der Waals surface area (Å²) in [6.45, 7) is 3.01. The van der Waals surface area contributed by atoms with E-state index in [4.69, 9.17) is 5.26 Å². The average Bonchev–Trinajstić information content (AvgIpc) is 3.25. The first-order valence-corrected chi connectivity index (χ1v) is 6.99. The second-order valence-corrected chi connectivity index (χ2v) is 5.89. The molecule has 18 heavy (non-hydrogen) atoms. The van der Waals surface area contributed by atoms with Crippen LogP contribution in [0.5, 0.6) is 0 Å². The highest BCUT2D eigenvalue weighted by Gasteiger charge is 2.41. The molecule has 3 heteroatoms. The minimum absolute atomic E-state index is 0.732. The highest BCUT2D eigenvalue weighted by Crippen LogP contribution is 2.44. The molecular weight excluding hydrogens is 222 g/mol. The van der Waals surface area contributed by atoms with Gasteiger partial charge in [0.25, 0.3) is 0 Å². The predicted molar refractivity (Wildman–Crippen MR) is 70.9 cm³/mol. The van der Waals surface area contributed by atoms with Crippen LogP contribution in [0.15, 0.2) is 6.07 Å². The number of nitrogens with one attached hydrogen (secondary N) is 1. The Bertz CT molecular complexity index is 475. The molecule has 0 aromatic carbocycles. The third kappa shape index (κ3) is 2.18. The van der Waals surface area contributed by atoms with Crippen LogP contribution in [0.1, 0.15) is 42.6 Å². The molecule has 2 saturated carbocycles. The van der Waals surface area contributed by atoms with E-state index < -0.39 is 0 Å². The van der Waals surface area contributed by atoms with Crippen molar-refractivity contribution in [1.29, 1.82) is 5.26 Å². The zero-order valence-corrected chi connectivity index (χ0v) is 11.2. The minimum Gasteiger partial charge on any atom is -0.340 e. The van der Waals surface area contributed by atoms with Crippen molar-refractivity contribution in [3.05, 3.63) is 23.0 Å². The molecule has 2 aliphatic rings. The lowest BCUT2D eigenvalue weighted by atomic mass is 10.1. The lowest BCUT2D eigenvalue weighted by Crippen LogP contribution is -2.32. The van der Waals surface area contributed by atoms with E-state index in [2.05, 4.69) is 18.3 Å². The summed E-state index contributed by atoms with van der Waals surface area (Å²) >= 11 is 0. The fourth-order valence-corrected chi connectivity index (χ4v) is 2.91. The minimum atomic E-state index is 0.732. The normalized spacial score (nSPS) is 19.2. The van der Waals surface area contributed by atoms with Crippen molar-refractivity contribution in [2.45, 2.75) is 45.2 Å². The predicted octanol–water partition coefficient (Wildman–Crippen LogP) is 2.48. The maximum absolute atomic E-state index is 9.04. The van der Waals surface area contributed by atoms with Crippen molar-refractivity contribution in [3.63, 3.8) is 0 Å². The monoisotopic (exact) mass is 243 g/mol. The maximum Gasteiger partial charge on any atom is 0.120 e. The number of aromatic nitrogens is 1. The molecular formula is C15H21N3. The number of rotatable bonds is 5. The molecule has 0 bridgehead atoms. The summed E-state index contributed by atoms with van der Waals surface area (Å²) in [7, 11) is 1.97. The van der Waals surface area contributed by atoms with Crippen LogP contribution in [0.25, 0.3) is 0 Å². The smallest absolute Gasteiger partial charge is 0.120 e. The van der Waals surface area contributed by atoms with Crippen LogP contribution < -0.4 is 5.32 Å². The van der Waals surface area contributed by atoms with Gasteiger partial charge in [0.2, 0.25) is 0 Å². The first-order chi connectivity index (χ1) is 8.70. The van der Waals surface area contributed by atoms with Crippen molar-refractivity contribution < 1.29 is 0 Å². The maximum atomic E-state index is 9.04. The van der Waals surface area contributed by atoms with E-state index in [1.807, 2.05) is 17.7 Å². The van der Waals surface area contributed by atoms with Gasteiger partial charge in [0.05, 0.1) is 0 Å². The SMILES string of the molecule is Cc1c(CNC(C2CC2)C2CC2)cc(C#N)n1C. The molecule has 0 saturated heterocycles. The Morgan fingerprint density at radius 2 is 2.00 bits per heavy atom. The molecule has 96 valence electrons. The van der Waals surface area contributed by atoms with Gasteiger partial charge in [-0.15, -0.1) is 0 Å². The molecule has 1 aromatic heterocycles. The topological polar surface area (TPSA) is 40.8 Å². The Hall–Kier alpha value is -1.27. The standard InChI is InChI=1S/C15H21N3/c1-10-13(7-14(8-16)18(10)2)9-17-15(11-3-4-11)12-5-6-12/h7,11-12,15,17H,3-6,9H2,1-2H3. The van der Waals surface area contributed by atoms with E-state index in [-0.39, 0.29) is 0 Å². The van der Waals surface area contributed by atoms with Gasteiger partial charge in [0, 0.05) is 25.3 Å². The van der Waals surface area contributed by atoms with Gasteiger partial charge in [0.1, 0.15) is 11.8 Å². The number of nitrogens with zero attached hydrogens (tertiary/aromatic N) is 2. The Morgan fingerprint density at radius 1 is 1.39 bits per heavy atom. The molecule has 1 heterocycles.